The summed E-state index contributed by atoms with van der Waals surface area (Å²) in [6.45, 7) is 0. The SMILES string of the molecule is C(=NN=c1nc2ccccc2cn2cccc12)c1cc2ccccc2s1. The average Bonchev–Trinajstić information content (AvgIpc) is 3.25. The van der Waals surface area contributed by atoms with Crippen molar-refractivity contribution in [1.29, 1.82) is 0 Å². The lowest BCUT2D eigenvalue weighted by Crippen LogP contribution is -2.05. The monoisotopic (exact) mass is 354 g/mol. The van der Waals surface area contributed by atoms with Gasteiger partial charge in [-0.05, 0) is 35.7 Å². The van der Waals surface area contributed by atoms with Gasteiger partial charge in [-0.25, -0.2) is 4.98 Å². The third-order valence-corrected chi connectivity index (χ3v) is 5.28. The van der Waals surface area contributed by atoms with Crippen LogP contribution >= 0.6 is 11.3 Å². The molecule has 0 aliphatic rings. The Bertz CT molecular complexity index is 1310. The van der Waals surface area contributed by atoms with E-state index in [4.69, 9.17) is 4.98 Å². The van der Waals surface area contributed by atoms with Gasteiger partial charge in [0.1, 0.15) is 0 Å². The molecule has 5 heteroatoms. The van der Waals surface area contributed by atoms with Crippen molar-refractivity contribution >= 4 is 44.1 Å². The van der Waals surface area contributed by atoms with Crippen LogP contribution in [0.25, 0.3) is 26.5 Å². The van der Waals surface area contributed by atoms with E-state index in [2.05, 4.69) is 34.6 Å². The third kappa shape index (κ3) is 2.68. The van der Waals surface area contributed by atoms with Crippen molar-refractivity contribution < 1.29 is 0 Å². The zero-order chi connectivity index (χ0) is 17.3. The van der Waals surface area contributed by atoms with Crippen LogP contribution in [0.4, 0.5) is 0 Å². The van der Waals surface area contributed by atoms with E-state index in [0.717, 1.165) is 21.3 Å². The maximum Gasteiger partial charge on any atom is 0.199 e. The largest absolute Gasteiger partial charge is 0.320 e. The number of fused-ring (bicyclic) bond motifs is 3. The highest BCUT2D eigenvalue weighted by Crippen LogP contribution is 2.23. The highest BCUT2D eigenvalue weighted by atomic mass is 32.1. The second-order valence-corrected chi connectivity index (χ2v) is 7.07. The summed E-state index contributed by atoms with van der Waals surface area (Å²) in [5.41, 5.74) is 2.43. The van der Waals surface area contributed by atoms with Gasteiger partial charge in [-0.15, -0.1) is 16.4 Å². The predicted octanol–water partition coefficient (Wildman–Crippen LogP) is 4.64. The van der Waals surface area contributed by atoms with Crippen LogP contribution in [-0.2, 0) is 0 Å². The third-order valence-electron chi connectivity index (χ3n) is 4.23. The molecule has 2 aromatic carbocycles. The second-order valence-electron chi connectivity index (χ2n) is 5.96. The smallest absolute Gasteiger partial charge is 0.199 e. The van der Waals surface area contributed by atoms with Crippen LogP contribution in [-0.4, -0.2) is 15.6 Å². The maximum absolute atomic E-state index is 4.71. The molecule has 0 aliphatic carbocycles. The number of nitrogens with zero attached hydrogens (tertiary/aromatic N) is 4. The van der Waals surface area contributed by atoms with Gasteiger partial charge in [0.25, 0.3) is 0 Å². The van der Waals surface area contributed by atoms with Gasteiger partial charge in [0.05, 0.1) is 17.2 Å². The summed E-state index contributed by atoms with van der Waals surface area (Å²) in [6.07, 6.45) is 5.85. The molecule has 3 heterocycles. The Balaban J connectivity index is 1.65. The number of aromatic nitrogens is 2. The first-order valence-corrected chi connectivity index (χ1v) is 9.11. The van der Waals surface area contributed by atoms with E-state index in [1.807, 2.05) is 59.1 Å². The molecule has 0 amide bonds. The molecule has 5 aromatic rings. The molecule has 0 fully saturated rings. The highest BCUT2D eigenvalue weighted by Gasteiger charge is 2.00. The van der Waals surface area contributed by atoms with Crippen molar-refractivity contribution in [3.05, 3.63) is 89.5 Å². The molecule has 0 unspecified atom stereocenters. The predicted molar refractivity (Wildman–Crippen MR) is 108 cm³/mol. The molecule has 0 N–H and O–H groups in total. The van der Waals surface area contributed by atoms with Gasteiger partial charge >= 0.3 is 0 Å². The van der Waals surface area contributed by atoms with Gasteiger partial charge in [-0.2, -0.15) is 5.10 Å². The number of benzene rings is 2. The Morgan fingerprint density at radius 2 is 1.77 bits per heavy atom. The minimum absolute atomic E-state index is 0.605. The topological polar surface area (TPSA) is 42.0 Å². The van der Waals surface area contributed by atoms with Gasteiger partial charge in [0.2, 0.25) is 0 Å². The molecule has 3 aromatic heterocycles. The van der Waals surface area contributed by atoms with Crippen LogP contribution in [0.5, 0.6) is 0 Å². The molecular weight excluding hydrogens is 340 g/mol. The van der Waals surface area contributed by atoms with Gasteiger partial charge in [-0.1, -0.05) is 36.4 Å². The number of thiophene rings is 1. The van der Waals surface area contributed by atoms with Gasteiger partial charge in [0, 0.05) is 27.4 Å². The Kier molecular flexibility index (Phi) is 3.57. The number of rotatable bonds is 2. The van der Waals surface area contributed by atoms with Crippen LogP contribution in [0.2, 0.25) is 0 Å². The summed E-state index contributed by atoms with van der Waals surface area (Å²) in [5, 5.41) is 11.0. The van der Waals surface area contributed by atoms with E-state index in [0.29, 0.717) is 5.49 Å². The van der Waals surface area contributed by atoms with Crippen molar-refractivity contribution in [3.8, 4) is 0 Å². The Morgan fingerprint density at radius 3 is 2.69 bits per heavy atom. The fourth-order valence-electron chi connectivity index (χ4n) is 3.00. The van der Waals surface area contributed by atoms with Crippen LogP contribution in [0.3, 0.4) is 0 Å². The van der Waals surface area contributed by atoms with E-state index in [-0.39, 0.29) is 0 Å². The van der Waals surface area contributed by atoms with Crippen LogP contribution in [0.1, 0.15) is 4.88 Å². The van der Waals surface area contributed by atoms with Crippen molar-refractivity contribution in [2.24, 2.45) is 10.2 Å². The first kappa shape index (κ1) is 15.0. The molecule has 26 heavy (non-hydrogen) atoms. The molecule has 124 valence electrons. The molecule has 5 rings (SSSR count). The highest BCUT2D eigenvalue weighted by molar-refractivity contribution is 7.20. The zero-order valence-electron chi connectivity index (χ0n) is 13.8. The zero-order valence-corrected chi connectivity index (χ0v) is 14.6. The summed E-state index contributed by atoms with van der Waals surface area (Å²) >= 11 is 1.70. The van der Waals surface area contributed by atoms with E-state index in [1.165, 1.54) is 10.1 Å². The Labute approximate surface area is 153 Å². The molecule has 0 aliphatic heterocycles. The van der Waals surface area contributed by atoms with Crippen molar-refractivity contribution in [1.82, 2.24) is 9.38 Å². The number of hydrogen-bond donors (Lipinski definition) is 0. The molecular formula is C21H14N4S. The van der Waals surface area contributed by atoms with E-state index in [9.17, 15) is 0 Å². The summed E-state index contributed by atoms with van der Waals surface area (Å²) in [5.74, 6) is 0. The van der Waals surface area contributed by atoms with Gasteiger partial charge < -0.3 is 4.40 Å². The summed E-state index contributed by atoms with van der Waals surface area (Å²) in [6, 6.07) is 22.5. The van der Waals surface area contributed by atoms with Crippen LogP contribution < -0.4 is 5.49 Å². The lowest BCUT2D eigenvalue weighted by atomic mass is 10.2. The lowest BCUT2D eigenvalue weighted by Gasteiger charge is -1.88. The molecule has 0 saturated heterocycles. The molecule has 0 atom stereocenters. The lowest BCUT2D eigenvalue weighted by molar-refractivity contribution is 1.07. The van der Waals surface area contributed by atoms with Crippen molar-refractivity contribution in [2.75, 3.05) is 0 Å². The minimum atomic E-state index is 0.605. The normalized spacial score (nSPS) is 12.7. The quantitative estimate of drug-likeness (QED) is 0.336. The van der Waals surface area contributed by atoms with Gasteiger partial charge in [0.15, 0.2) is 5.49 Å². The Morgan fingerprint density at radius 1 is 0.923 bits per heavy atom. The van der Waals surface area contributed by atoms with Crippen LogP contribution in [0.15, 0.2) is 89.3 Å². The molecule has 0 radical (unpaired) electrons. The average molecular weight is 354 g/mol. The molecule has 4 nitrogen and oxygen atoms in total. The second kappa shape index (κ2) is 6.20. The van der Waals surface area contributed by atoms with Crippen molar-refractivity contribution in [3.63, 3.8) is 0 Å². The van der Waals surface area contributed by atoms with E-state index < -0.39 is 0 Å². The van der Waals surface area contributed by atoms with Crippen LogP contribution in [0, 0.1) is 0 Å². The Hall–Kier alpha value is -3.31. The number of hydrogen-bond acceptors (Lipinski definition) is 4. The fourth-order valence-corrected chi connectivity index (χ4v) is 3.93. The molecule has 0 saturated carbocycles. The van der Waals surface area contributed by atoms with Crippen molar-refractivity contribution in [2.45, 2.75) is 0 Å². The first-order valence-electron chi connectivity index (χ1n) is 8.29. The fraction of sp³-hybridized carbons (Fsp3) is 0. The standard InChI is InChI=1S/C21H14N4S/c1-3-8-18-16(7-1)14-25-11-5-9-19(25)21(23-18)24-22-13-17-12-15-6-2-4-10-20(15)26-17/h1-14H. The number of para-hydroxylation sites is 1. The maximum atomic E-state index is 4.71. The molecule has 0 spiro atoms. The van der Waals surface area contributed by atoms with Gasteiger partial charge in [-0.3, -0.25) is 0 Å². The first-order chi connectivity index (χ1) is 12.9. The van der Waals surface area contributed by atoms with E-state index in [1.54, 1.807) is 17.6 Å². The van der Waals surface area contributed by atoms with E-state index >= 15 is 0 Å². The molecule has 0 bridgehead atoms. The summed E-state index contributed by atoms with van der Waals surface area (Å²) in [7, 11) is 0. The summed E-state index contributed by atoms with van der Waals surface area (Å²) in [4.78, 5) is 5.79. The minimum Gasteiger partial charge on any atom is -0.320 e. The summed E-state index contributed by atoms with van der Waals surface area (Å²) < 4.78 is 3.28.